The zero-order valence-corrected chi connectivity index (χ0v) is 17.0. The van der Waals surface area contributed by atoms with Gasteiger partial charge in [-0.3, -0.25) is 9.59 Å². The Bertz CT molecular complexity index is 1140. The molecule has 0 radical (unpaired) electrons. The van der Waals surface area contributed by atoms with Crippen molar-refractivity contribution in [1.82, 2.24) is 10.2 Å². The van der Waals surface area contributed by atoms with Gasteiger partial charge in [-0.15, -0.1) is 0 Å². The number of carbonyl (C=O) groups excluding carboxylic acids is 2. The van der Waals surface area contributed by atoms with Gasteiger partial charge in [0.25, 0.3) is 5.91 Å². The molecule has 2 amide bonds. The van der Waals surface area contributed by atoms with Crippen LogP contribution in [-0.2, 0) is 22.6 Å². The number of amides is 2. The van der Waals surface area contributed by atoms with E-state index < -0.39 is 6.04 Å². The number of carbonyl (C=O) groups is 2. The Morgan fingerprint density at radius 3 is 2.73 bits per heavy atom. The van der Waals surface area contributed by atoms with Crippen LogP contribution in [-0.4, -0.2) is 22.8 Å². The molecular weight excluding hydrogens is 372 g/mol. The van der Waals surface area contributed by atoms with Gasteiger partial charge in [0.2, 0.25) is 5.91 Å². The van der Waals surface area contributed by atoms with Crippen LogP contribution in [0.15, 0.2) is 78.0 Å². The van der Waals surface area contributed by atoms with Gasteiger partial charge in [0.1, 0.15) is 6.04 Å². The quantitative estimate of drug-likeness (QED) is 0.719. The van der Waals surface area contributed by atoms with Crippen molar-refractivity contribution in [2.75, 3.05) is 0 Å². The van der Waals surface area contributed by atoms with Crippen LogP contribution in [0, 0.1) is 0 Å². The molecule has 1 atom stereocenters. The largest absolute Gasteiger partial charge is 0.324 e. The highest BCUT2D eigenvalue weighted by atomic mass is 16.2. The lowest BCUT2D eigenvalue weighted by molar-refractivity contribution is -0.137. The summed E-state index contributed by atoms with van der Waals surface area (Å²) in [7, 11) is 0. The summed E-state index contributed by atoms with van der Waals surface area (Å²) in [6, 6.07) is 14.3. The summed E-state index contributed by atoms with van der Waals surface area (Å²) in [6.07, 6.45) is 9.53. The molecule has 1 heterocycles. The van der Waals surface area contributed by atoms with Gasteiger partial charge in [-0.2, -0.15) is 0 Å². The third-order valence-corrected chi connectivity index (χ3v) is 6.29. The number of rotatable bonds is 3. The second-order valence-corrected chi connectivity index (χ2v) is 8.01. The minimum absolute atomic E-state index is 0.0560. The summed E-state index contributed by atoms with van der Waals surface area (Å²) in [4.78, 5) is 28.3. The Labute approximate surface area is 176 Å². The van der Waals surface area contributed by atoms with Crippen LogP contribution >= 0.6 is 0 Å². The van der Waals surface area contributed by atoms with E-state index >= 15 is 0 Å². The third-order valence-electron chi connectivity index (χ3n) is 6.29. The lowest BCUT2D eigenvalue weighted by Gasteiger charge is -2.29. The summed E-state index contributed by atoms with van der Waals surface area (Å²) in [6.45, 7) is 2.40. The Morgan fingerprint density at radius 1 is 1.03 bits per heavy atom. The van der Waals surface area contributed by atoms with Gasteiger partial charge in [-0.1, -0.05) is 67.6 Å². The van der Waals surface area contributed by atoms with Gasteiger partial charge >= 0.3 is 0 Å². The number of benzene rings is 2. The van der Waals surface area contributed by atoms with E-state index in [1.807, 2.05) is 31.2 Å². The summed E-state index contributed by atoms with van der Waals surface area (Å²) < 4.78 is 0. The molecule has 2 aliphatic carbocycles. The summed E-state index contributed by atoms with van der Waals surface area (Å²) in [5, 5.41) is 2.99. The molecule has 0 bridgehead atoms. The van der Waals surface area contributed by atoms with Crippen LogP contribution in [0.5, 0.6) is 0 Å². The van der Waals surface area contributed by atoms with Gasteiger partial charge in [0, 0.05) is 17.8 Å². The van der Waals surface area contributed by atoms with Gasteiger partial charge in [0.15, 0.2) is 0 Å². The molecule has 30 heavy (non-hydrogen) atoms. The highest BCUT2D eigenvalue weighted by Crippen LogP contribution is 2.39. The van der Waals surface area contributed by atoms with E-state index in [4.69, 9.17) is 0 Å². The standard InChI is InChI=1S/C26H24N2O2/c1-2-24-25(29)27-23-14-5-3-4-12-21(23)26(30)28(24)16-18-10-8-13-20-19-11-7-6-9-17(19)15-22(18)20/h3-11,13-14,24H,2,12,15-16H2,1H3,(H,27,29)/t24-/m0/s1. The summed E-state index contributed by atoms with van der Waals surface area (Å²) >= 11 is 0. The van der Waals surface area contributed by atoms with E-state index in [2.05, 4.69) is 47.8 Å². The normalized spacial score (nSPS) is 19.8. The summed E-state index contributed by atoms with van der Waals surface area (Å²) in [5.41, 5.74) is 7.49. The zero-order valence-electron chi connectivity index (χ0n) is 17.0. The van der Waals surface area contributed by atoms with E-state index in [-0.39, 0.29) is 11.8 Å². The van der Waals surface area contributed by atoms with Crippen molar-refractivity contribution in [2.24, 2.45) is 0 Å². The fraction of sp³-hybridized carbons (Fsp3) is 0.231. The van der Waals surface area contributed by atoms with E-state index in [9.17, 15) is 9.59 Å². The number of allylic oxidation sites excluding steroid dienone is 4. The summed E-state index contributed by atoms with van der Waals surface area (Å²) in [5.74, 6) is -0.169. The van der Waals surface area contributed by atoms with Gasteiger partial charge in [0.05, 0.1) is 0 Å². The van der Waals surface area contributed by atoms with Crippen molar-refractivity contribution in [3.63, 3.8) is 0 Å². The first-order chi connectivity index (χ1) is 14.7. The molecule has 0 saturated carbocycles. The average Bonchev–Trinajstić information content (AvgIpc) is 2.93. The Morgan fingerprint density at radius 2 is 1.87 bits per heavy atom. The molecule has 0 fully saturated rings. The van der Waals surface area contributed by atoms with Crippen molar-refractivity contribution in [2.45, 2.75) is 38.8 Å². The first-order valence-corrected chi connectivity index (χ1v) is 10.5. The van der Waals surface area contributed by atoms with Gasteiger partial charge < -0.3 is 10.2 Å². The van der Waals surface area contributed by atoms with Crippen molar-refractivity contribution in [3.8, 4) is 11.1 Å². The first kappa shape index (κ1) is 18.6. The molecule has 0 unspecified atom stereocenters. The number of nitrogens with one attached hydrogen (secondary N) is 1. The number of hydrogen-bond donors (Lipinski definition) is 1. The SMILES string of the molecule is CC[C@H]1C(=O)NC2=C(CC=CC=C2)C(=O)N1Cc1cccc2c1Cc1ccccc1-2. The highest BCUT2D eigenvalue weighted by molar-refractivity contribution is 6.01. The van der Waals surface area contributed by atoms with E-state index in [1.165, 1.54) is 22.3 Å². The molecule has 4 heteroatoms. The Balaban J connectivity index is 1.55. The van der Waals surface area contributed by atoms with E-state index in [0.717, 1.165) is 12.0 Å². The van der Waals surface area contributed by atoms with Gasteiger partial charge in [-0.25, -0.2) is 0 Å². The molecule has 0 saturated heterocycles. The van der Waals surface area contributed by atoms with Crippen molar-refractivity contribution < 1.29 is 9.59 Å². The Kier molecular flexibility index (Phi) is 4.62. The molecule has 0 aromatic heterocycles. The first-order valence-electron chi connectivity index (χ1n) is 10.5. The van der Waals surface area contributed by atoms with Crippen LogP contribution in [0.2, 0.25) is 0 Å². The fourth-order valence-corrected chi connectivity index (χ4v) is 4.76. The molecule has 5 rings (SSSR count). The van der Waals surface area contributed by atoms with Crippen molar-refractivity contribution in [1.29, 1.82) is 0 Å². The topological polar surface area (TPSA) is 49.4 Å². The lowest BCUT2D eigenvalue weighted by Crippen LogP contribution is -2.46. The predicted octanol–water partition coefficient (Wildman–Crippen LogP) is 4.27. The zero-order chi connectivity index (χ0) is 20.7. The minimum Gasteiger partial charge on any atom is -0.324 e. The van der Waals surface area contributed by atoms with E-state index in [0.29, 0.717) is 30.7 Å². The molecule has 3 aliphatic rings. The average molecular weight is 396 g/mol. The number of hydrogen-bond acceptors (Lipinski definition) is 2. The molecule has 1 N–H and O–H groups in total. The molecule has 150 valence electrons. The predicted molar refractivity (Wildman–Crippen MR) is 117 cm³/mol. The van der Waals surface area contributed by atoms with Crippen molar-refractivity contribution >= 4 is 11.8 Å². The van der Waals surface area contributed by atoms with Crippen LogP contribution in [0.25, 0.3) is 11.1 Å². The van der Waals surface area contributed by atoms with Crippen molar-refractivity contribution in [3.05, 3.63) is 94.7 Å². The van der Waals surface area contributed by atoms with Crippen LogP contribution < -0.4 is 5.32 Å². The lowest BCUT2D eigenvalue weighted by atomic mass is 9.99. The van der Waals surface area contributed by atoms with Crippen LogP contribution in [0.4, 0.5) is 0 Å². The number of nitrogens with zero attached hydrogens (tertiary/aromatic N) is 1. The maximum Gasteiger partial charge on any atom is 0.253 e. The monoisotopic (exact) mass is 396 g/mol. The number of fused-ring (bicyclic) bond motifs is 3. The molecule has 2 aromatic rings. The maximum atomic E-state index is 13.6. The van der Waals surface area contributed by atoms with Gasteiger partial charge in [-0.05, 0) is 53.2 Å². The molecule has 0 spiro atoms. The van der Waals surface area contributed by atoms with E-state index in [1.54, 1.807) is 4.90 Å². The van der Waals surface area contributed by atoms with Crippen LogP contribution in [0.1, 0.15) is 36.5 Å². The fourth-order valence-electron chi connectivity index (χ4n) is 4.76. The molecule has 1 aliphatic heterocycles. The molecular formula is C26H24N2O2. The highest BCUT2D eigenvalue weighted by Gasteiger charge is 2.35. The second kappa shape index (κ2) is 7.45. The Hall–Kier alpha value is -3.40. The smallest absolute Gasteiger partial charge is 0.253 e. The molecule has 4 nitrogen and oxygen atoms in total. The molecule has 2 aromatic carbocycles. The minimum atomic E-state index is -0.485. The second-order valence-electron chi connectivity index (χ2n) is 8.01. The van der Waals surface area contributed by atoms with Crippen LogP contribution in [0.3, 0.4) is 0 Å². The maximum absolute atomic E-state index is 13.6. The third kappa shape index (κ3) is 3.00.